The summed E-state index contributed by atoms with van der Waals surface area (Å²) in [5, 5.41) is 6.51. The van der Waals surface area contributed by atoms with Gasteiger partial charge >= 0.3 is 0 Å². The summed E-state index contributed by atoms with van der Waals surface area (Å²) in [4.78, 5) is 8.90. The SMILES string of the molecule is CCNC(=NCc1ccc(Oc2cccc(OC)c2)nc1)NC(C)C.I. The first-order chi connectivity index (χ1) is 12.1. The van der Waals surface area contributed by atoms with Crippen molar-refractivity contribution in [2.45, 2.75) is 33.4 Å². The van der Waals surface area contributed by atoms with Crippen molar-refractivity contribution in [3.8, 4) is 17.4 Å². The van der Waals surface area contributed by atoms with Gasteiger partial charge < -0.3 is 20.1 Å². The van der Waals surface area contributed by atoms with Gasteiger partial charge in [0.15, 0.2) is 5.96 Å². The van der Waals surface area contributed by atoms with E-state index in [0.717, 1.165) is 23.8 Å². The Hall–Kier alpha value is -2.03. The fraction of sp³-hybridized carbons (Fsp3) is 0.368. The van der Waals surface area contributed by atoms with E-state index in [1.54, 1.807) is 13.3 Å². The Bertz CT molecular complexity index is 690. The Morgan fingerprint density at radius 1 is 1.19 bits per heavy atom. The molecule has 0 saturated carbocycles. The van der Waals surface area contributed by atoms with Crippen LogP contribution in [0.5, 0.6) is 17.4 Å². The van der Waals surface area contributed by atoms with E-state index in [1.165, 1.54) is 0 Å². The molecule has 0 aliphatic heterocycles. The van der Waals surface area contributed by atoms with E-state index in [0.29, 0.717) is 24.2 Å². The maximum atomic E-state index is 5.74. The van der Waals surface area contributed by atoms with Crippen LogP contribution in [0.4, 0.5) is 0 Å². The van der Waals surface area contributed by atoms with Crippen molar-refractivity contribution in [1.29, 1.82) is 0 Å². The van der Waals surface area contributed by atoms with Gasteiger partial charge in [-0.1, -0.05) is 12.1 Å². The molecule has 0 aliphatic carbocycles. The van der Waals surface area contributed by atoms with Crippen molar-refractivity contribution in [1.82, 2.24) is 15.6 Å². The first-order valence-electron chi connectivity index (χ1n) is 8.42. The first kappa shape index (κ1) is 22.0. The predicted octanol–water partition coefficient (Wildman–Crippen LogP) is 3.96. The third kappa shape index (κ3) is 7.47. The van der Waals surface area contributed by atoms with Crippen molar-refractivity contribution in [2.24, 2.45) is 4.99 Å². The minimum atomic E-state index is 0. The molecule has 0 spiro atoms. The van der Waals surface area contributed by atoms with Crippen LogP contribution in [0.3, 0.4) is 0 Å². The zero-order valence-corrected chi connectivity index (χ0v) is 18.0. The van der Waals surface area contributed by atoms with E-state index < -0.39 is 0 Å². The summed E-state index contributed by atoms with van der Waals surface area (Å²) in [7, 11) is 1.63. The number of rotatable bonds is 7. The molecule has 0 radical (unpaired) electrons. The Kier molecular flexibility index (Phi) is 9.79. The minimum Gasteiger partial charge on any atom is -0.497 e. The number of aromatic nitrogens is 1. The molecule has 2 aromatic rings. The van der Waals surface area contributed by atoms with Gasteiger partial charge in [0, 0.05) is 30.9 Å². The Morgan fingerprint density at radius 2 is 1.96 bits per heavy atom. The number of nitrogens with one attached hydrogen (secondary N) is 2. The normalized spacial score (nSPS) is 10.9. The van der Waals surface area contributed by atoms with Crippen LogP contribution in [0, 0.1) is 0 Å². The van der Waals surface area contributed by atoms with E-state index in [4.69, 9.17) is 9.47 Å². The van der Waals surface area contributed by atoms with Gasteiger partial charge in [-0.15, -0.1) is 24.0 Å². The lowest BCUT2D eigenvalue weighted by atomic mass is 10.3. The lowest BCUT2D eigenvalue weighted by molar-refractivity contribution is 0.407. The summed E-state index contributed by atoms with van der Waals surface area (Å²) in [6.07, 6.45) is 1.78. The van der Waals surface area contributed by atoms with Crippen molar-refractivity contribution in [3.05, 3.63) is 48.2 Å². The van der Waals surface area contributed by atoms with Gasteiger partial charge in [0.25, 0.3) is 0 Å². The molecule has 0 bridgehead atoms. The number of ether oxygens (including phenoxy) is 2. The molecule has 0 atom stereocenters. The highest BCUT2D eigenvalue weighted by atomic mass is 127. The molecular weight excluding hydrogens is 443 g/mol. The first-order valence-corrected chi connectivity index (χ1v) is 8.42. The number of benzene rings is 1. The Labute approximate surface area is 172 Å². The fourth-order valence-electron chi connectivity index (χ4n) is 2.11. The maximum absolute atomic E-state index is 5.74. The number of hydrogen-bond donors (Lipinski definition) is 2. The predicted molar refractivity (Wildman–Crippen MR) is 116 cm³/mol. The summed E-state index contributed by atoms with van der Waals surface area (Å²) in [6.45, 7) is 7.58. The second-order valence-electron chi connectivity index (χ2n) is 5.78. The van der Waals surface area contributed by atoms with E-state index in [9.17, 15) is 0 Å². The van der Waals surface area contributed by atoms with Crippen molar-refractivity contribution >= 4 is 29.9 Å². The number of methoxy groups -OCH3 is 1. The highest BCUT2D eigenvalue weighted by Gasteiger charge is 2.03. The smallest absolute Gasteiger partial charge is 0.219 e. The van der Waals surface area contributed by atoms with Gasteiger partial charge in [-0.05, 0) is 38.5 Å². The van der Waals surface area contributed by atoms with Gasteiger partial charge in [0.05, 0.1) is 13.7 Å². The van der Waals surface area contributed by atoms with E-state index in [2.05, 4.69) is 34.5 Å². The quantitative estimate of drug-likeness (QED) is 0.364. The van der Waals surface area contributed by atoms with Crippen LogP contribution < -0.4 is 20.1 Å². The molecule has 1 aromatic heterocycles. The lowest BCUT2D eigenvalue weighted by Crippen LogP contribution is -2.40. The molecule has 0 amide bonds. The standard InChI is InChI=1S/C19H26N4O2.HI/c1-5-20-19(23-14(2)3)22-13-15-9-10-18(21-12-15)25-17-8-6-7-16(11-17)24-4;/h6-12,14H,5,13H2,1-4H3,(H2,20,22,23);1H. The van der Waals surface area contributed by atoms with Gasteiger partial charge in [0.2, 0.25) is 5.88 Å². The summed E-state index contributed by atoms with van der Waals surface area (Å²) < 4.78 is 10.9. The number of halogens is 1. The van der Waals surface area contributed by atoms with Crippen LogP contribution in [0.15, 0.2) is 47.6 Å². The number of hydrogen-bond acceptors (Lipinski definition) is 4. The van der Waals surface area contributed by atoms with Gasteiger partial charge in [0.1, 0.15) is 11.5 Å². The average molecular weight is 470 g/mol. The van der Waals surface area contributed by atoms with Crippen molar-refractivity contribution < 1.29 is 9.47 Å². The summed E-state index contributed by atoms with van der Waals surface area (Å²) >= 11 is 0. The lowest BCUT2D eigenvalue weighted by Gasteiger charge is -2.13. The molecule has 0 aliphatic rings. The zero-order chi connectivity index (χ0) is 18.1. The Balaban J connectivity index is 0.00000338. The molecule has 7 heteroatoms. The molecule has 0 unspecified atom stereocenters. The summed E-state index contributed by atoms with van der Waals surface area (Å²) in [5.41, 5.74) is 1.01. The molecular formula is C19H27IN4O2. The average Bonchev–Trinajstić information content (AvgIpc) is 2.61. The van der Waals surface area contributed by atoms with Crippen LogP contribution in [-0.4, -0.2) is 30.6 Å². The minimum absolute atomic E-state index is 0. The largest absolute Gasteiger partial charge is 0.497 e. The van der Waals surface area contributed by atoms with Crippen LogP contribution in [0.2, 0.25) is 0 Å². The van der Waals surface area contributed by atoms with Crippen LogP contribution in [-0.2, 0) is 6.54 Å². The number of aliphatic imine (C=N–C) groups is 1. The van der Waals surface area contributed by atoms with Gasteiger partial charge in [-0.3, -0.25) is 0 Å². The molecule has 6 nitrogen and oxygen atoms in total. The second kappa shape index (κ2) is 11.6. The fourth-order valence-corrected chi connectivity index (χ4v) is 2.11. The highest BCUT2D eigenvalue weighted by molar-refractivity contribution is 14.0. The van der Waals surface area contributed by atoms with Gasteiger partial charge in [-0.2, -0.15) is 0 Å². The third-order valence-electron chi connectivity index (χ3n) is 3.25. The molecule has 142 valence electrons. The molecule has 26 heavy (non-hydrogen) atoms. The van der Waals surface area contributed by atoms with E-state index in [-0.39, 0.29) is 24.0 Å². The number of pyridine rings is 1. The topological polar surface area (TPSA) is 67.8 Å². The van der Waals surface area contributed by atoms with E-state index >= 15 is 0 Å². The monoisotopic (exact) mass is 470 g/mol. The highest BCUT2D eigenvalue weighted by Crippen LogP contribution is 2.23. The molecule has 0 fully saturated rings. The maximum Gasteiger partial charge on any atom is 0.219 e. The third-order valence-corrected chi connectivity index (χ3v) is 3.25. The van der Waals surface area contributed by atoms with Crippen LogP contribution >= 0.6 is 24.0 Å². The number of guanidine groups is 1. The van der Waals surface area contributed by atoms with Crippen molar-refractivity contribution in [2.75, 3.05) is 13.7 Å². The second-order valence-corrected chi connectivity index (χ2v) is 5.78. The molecule has 0 saturated heterocycles. The molecule has 2 N–H and O–H groups in total. The summed E-state index contributed by atoms with van der Waals surface area (Å²) in [5.74, 6) is 2.77. The molecule has 1 aromatic carbocycles. The van der Waals surface area contributed by atoms with Crippen LogP contribution in [0.25, 0.3) is 0 Å². The summed E-state index contributed by atoms with van der Waals surface area (Å²) in [6, 6.07) is 11.6. The Morgan fingerprint density at radius 3 is 2.58 bits per heavy atom. The molecule has 1 heterocycles. The molecule has 2 rings (SSSR count). The van der Waals surface area contributed by atoms with Crippen molar-refractivity contribution in [3.63, 3.8) is 0 Å². The number of nitrogens with zero attached hydrogens (tertiary/aromatic N) is 2. The van der Waals surface area contributed by atoms with Gasteiger partial charge in [-0.25, -0.2) is 9.98 Å². The zero-order valence-electron chi connectivity index (χ0n) is 15.7. The van der Waals surface area contributed by atoms with E-state index in [1.807, 2.05) is 43.3 Å². The van der Waals surface area contributed by atoms with Crippen LogP contribution in [0.1, 0.15) is 26.3 Å².